The van der Waals surface area contributed by atoms with Crippen molar-refractivity contribution in [3.05, 3.63) is 92.6 Å². The minimum absolute atomic E-state index is 0.107. The highest BCUT2D eigenvalue weighted by Crippen LogP contribution is 2.15. The first-order valence-electron chi connectivity index (χ1n) is 11.9. The lowest BCUT2D eigenvalue weighted by molar-refractivity contribution is 0.0479. The van der Waals surface area contributed by atoms with Gasteiger partial charge in [0, 0.05) is 10.8 Å². The van der Waals surface area contributed by atoms with Crippen molar-refractivity contribution >= 4 is 33.9 Å². The van der Waals surface area contributed by atoms with Crippen molar-refractivity contribution in [3.8, 4) is 0 Å². The van der Waals surface area contributed by atoms with Crippen LogP contribution in [0.4, 0.5) is 0 Å². The fourth-order valence-electron chi connectivity index (χ4n) is 3.80. The van der Waals surface area contributed by atoms with E-state index in [1.54, 1.807) is 48.5 Å². The highest BCUT2D eigenvalue weighted by molar-refractivity contribution is 5.93. The van der Waals surface area contributed by atoms with Gasteiger partial charge in [0.15, 0.2) is 0 Å². The van der Waals surface area contributed by atoms with Crippen LogP contribution in [-0.2, 0) is 9.47 Å². The second-order valence-electron chi connectivity index (χ2n) is 8.36. The van der Waals surface area contributed by atoms with Gasteiger partial charge in [-0.2, -0.15) is 0 Å². The Balaban J connectivity index is 1.09. The molecule has 0 aliphatic carbocycles. The van der Waals surface area contributed by atoms with Gasteiger partial charge < -0.3 is 18.3 Å². The number of ether oxygens (including phenoxy) is 2. The molecule has 4 rings (SSSR count). The zero-order valence-electron chi connectivity index (χ0n) is 19.7. The Labute approximate surface area is 206 Å². The number of hydrogen-bond acceptors (Lipinski definition) is 8. The maximum atomic E-state index is 12.2. The first-order chi connectivity index (χ1) is 17.5. The molecule has 2 heterocycles. The predicted octanol–water partition coefficient (Wildman–Crippen LogP) is 5.25. The lowest BCUT2D eigenvalue weighted by atomic mass is 10.1. The maximum absolute atomic E-state index is 12.2. The van der Waals surface area contributed by atoms with Gasteiger partial charge in [-0.25, -0.2) is 19.2 Å². The van der Waals surface area contributed by atoms with E-state index in [1.807, 2.05) is 0 Å². The third-order valence-corrected chi connectivity index (χ3v) is 5.73. The summed E-state index contributed by atoms with van der Waals surface area (Å²) in [5.74, 6) is -1.37. The van der Waals surface area contributed by atoms with Crippen LogP contribution in [0, 0.1) is 0 Å². The Kier molecular flexibility index (Phi) is 8.28. The normalized spacial score (nSPS) is 11.0. The van der Waals surface area contributed by atoms with E-state index < -0.39 is 23.2 Å². The van der Waals surface area contributed by atoms with Crippen LogP contribution < -0.4 is 11.3 Å². The summed E-state index contributed by atoms with van der Waals surface area (Å²) < 4.78 is 20.8. The molecule has 2 aromatic heterocycles. The molecule has 0 spiro atoms. The van der Waals surface area contributed by atoms with Crippen molar-refractivity contribution in [1.82, 2.24) is 0 Å². The fourth-order valence-corrected chi connectivity index (χ4v) is 3.80. The van der Waals surface area contributed by atoms with Gasteiger partial charge in [-0.05, 0) is 37.1 Å². The van der Waals surface area contributed by atoms with E-state index in [0.717, 1.165) is 25.7 Å². The van der Waals surface area contributed by atoms with Crippen LogP contribution in [-0.4, -0.2) is 25.2 Å². The Morgan fingerprint density at radius 1 is 0.583 bits per heavy atom. The molecule has 0 saturated carbocycles. The molecule has 0 aliphatic rings. The molecule has 0 amide bonds. The summed E-state index contributed by atoms with van der Waals surface area (Å²) in [7, 11) is 0. The molecule has 2 aromatic carbocycles. The van der Waals surface area contributed by atoms with E-state index in [2.05, 4.69) is 0 Å². The Hall–Kier alpha value is -4.20. The topological polar surface area (TPSA) is 113 Å². The van der Waals surface area contributed by atoms with Gasteiger partial charge in [0.2, 0.25) is 0 Å². The van der Waals surface area contributed by atoms with Gasteiger partial charge in [-0.1, -0.05) is 62.1 Å². The Morgan fingerprint density at radius 3 is 1.42 bits per heavy atom. The monoisotopic (exact) mass is 490 g/mol. The molecule has 0 aliphatic heterocycles. The molecule has 0 N–H and O–H groups in total. The van der Waals surface area contributed by atoms with Crippen LogP contribution in [0.3, 0.4) is 0 Å². The second-order valence-corrected chi connectivity index (χ2v) is 8.36. The summed E-state index contributed by atoms with van der Waals surface area (Å²) in [5.41, 5.74) is -0.780. The highest BCUT2D eigenvalue weighted by atomic mass is 16.5. The number of carbonyl (C=O) groups is 2. The minimum atomic E-state index is -0.708. The average molecular weight is 491 g/mol. The van der Waals surface area contributed by atoms with Crippen molar-refractivity contribution in [2.75, 3.05) is 13.2 Å². The summed E-state index contributed by atoms with van der Waals surface area (Å²) in [6, 6.07) is 16.9. The number of carbonyl (C=O) groups excluding carboxylic acids is 2. The number of hydrogen-bond donors (Lipinski definition) is 0. The van der Waals surface area contributed by atoms with E-state index in [-0.39, 0.29) is 24.3 Å². The van der Waals surface area contributed by atoms with Crippen molar-refractivity contribution in [2.45, 2.75) is 38.5 Å². The number of esters is 2. The molecule has 0 unspecified atom stereocenters. The van der Waals surface area contributed by atoms with Crippen LogP contribution in [0.2, 0.25) is 0 Å². The van der Waals surface area contributed by atoms with Gasteiger partial charge >= 0.3 is 23.2 Å². The summed E-state index contributed by atoms with van der Waals surface area (Å²) >= 11 is 0. The predicted molar refractivity (Wildman–Crippen MR) is 133 cm³/mol. The van der Waals surface area contributed by atoms with E-state index in [4.69, 9.17) is 18.3 Å². The third-order valence-electron chi connectivity index (χ3n) is 5.73. The number of unbranched alkanes of at least 4 members (excludes halogenated alkanes) is 5. The number of rotatable bonds is 11. The molecular formula is C28H26O8. The zero-order chi connectivity index (χ0) is 25.3. The van der Waals surface area contributed by atoms with E-state index in [1.165, 1.54) is 12.1 Å². The molecule has 8 heteroatoms. The van der Waals surface area contributed by atoms with Crippen LogP contribution in [0.15, 0.2) is 79.1 Å². The van der Waals surface area contributed by atoms with Crippen molar-refractivity contribution in [2.24, 2.45) is 0 Å². The Morgan fingerprint density at radius 2 is 0.972 bits per heavy atom. The molecule has 8 nitrogen and oxygen atoms in total. The molecule has 0 fully saturated rings. The average Bonchev–Trinajstić information content (AvgIpc) is 2.88. The van der Waals surface area contributed by atoms with Crippen molar-refractivity contribution in [1.29, 1.82) is 0 Å². The molecule has 0 radical (unpaired) electrons. The zero-order valence-corrected chi connectivity index (χ0v) is 19.7. The molecule has 36 heavy (non-hydrogen) atoms. The van der Waals surface area contributed by atoms with Gasteiger partial charge in [0.05, 0.1) is 13.2 Å². The molecular weight excluding hydrogens is 464 g/mol. The lowest BCUT2D eigenvalue weighted by Crippen LogP contribution is -2.17. The van der Waals surface area contributed by atoms with E-state index >= 15 is 0 Å². The molecule has 186 valence electrons. The second kappa shape index (κ2) is 12.0. The summed E-state index contributed by atoms with van der Waals surface area (Å²) in [6.07, 6.45) is 4.93. The summed E-state index contributed by atoms with van der Waals surface area (Å²) in [5, 5.41) is 1.32. The quantitative estimate of drug-likeness (QED) is 0.159. The first-order valence-corrected chi connectivity index (χ1v) is 11.9. The van der Waals surface area contributed by atoms with Gasteiger partial charge in [-0.15, -0.1) is 0 Å². The first kappa shape index (κ1) is 24.9. The van der Waals surface area contributed by atoms with Gasteiger partial charge in [0.1, 0.15) is 22.3 Å². The third kappa shape index (κ3) is 6.27. The van der Waals surface area contributed by atoms with Crippen LogP contribution in [0.25, 0.3) is 21.9 Å². The SMILES string of the molecule is O=C(OCCCCCCCCOC(=O)c1cc2ccccc2oc1=O)c1cc2ccccc2oc1=O. The van der Waals surface area contributed by atoms with Gasteiger partial charge in [-0.3, -0.25) is 0 Å². The fraction of sp³-hybridized carbons (Fsp3) is 0.286. The largest absolute Gasteiger partial charge is 0.462 e. The maximum Gasteiger partial charge on any atom is 0.351 e. The van der Waals surface area contributed by atoms with Crippen molar-refractivity contribution < 1.29 is 27.9 Å². The van der Waals surface area contributed by atoms with Crippen LogP contribution in [0.1, 0.15) is 59.2 Å². The molecule has 0 saturated heterocycles. The summed E-state index contributed by atoms with van der Waals surface area (Å²) in [6.45, 7) is 0.439. The van der Waals surface area contributed by atoms with Crippen LogP contribution >= 0.6 is 0 Å². The lowest BCUT2D eigenvalue weighted by Gasteiger charge is -2.06. The number of fused-ring (bicyclic) bond motifs is 2. The van der Waals surface area contributed by atoms with E-state index in [0.29, 0.717) is 34.8 Å². The van der Waals surface area contributed by atoms with E-state index in [9.17, 15) is 19.2 Å². The minimum Gasteiger partial charge on any atom is -0.462 e. The molecule has 4 aromatic rings. The molecule has 0 atom stereocenters. The van der Waals surface area contributed by atoms with Crippen LogP contribution in [0.5, 0.6) is 0 Å². The molecule has 0 bridgehead atoms. The van der Waals surface area contributed by atoms with Gasteiger partial charge in [0.25, 0.3) is 0 Å². The number of para-hydroxylation sites is 2. The highest BCUT2D eigenvalue weighted by Gasteiger charge is 2.16. The summed E-state index contributed by atoms with van der Waals surface area (Å²) in [4.78, 5) is 48.4. The number of benzene rings is 2. The smallest absolute Gasteiger partial charge is 0.351 e. The standard InChI is InChI=1S/C28H26O8/c29-25(21-17-19-11-5-7-13-23(19)35-27(21)31)33-15-9-3-1-2-4-10-16-34-26(30)22-18-20-12-6-8-14-24(20)36-28(22)32/h5-8,11-14,17-18H,1-4,9-10,15-16H2. The van der Waals surface area contributed by atoms with Crippen molar-refractivity contribution in [3.63, 3.8) is 0 Å². The Bertz CT molecular complexity index is 1370.